The van der Waals surface area contributed by atoms with Crippen molar-refractivity contribution in [1.29, 1.82) is 0 Å². The summed E-state index contributed by atoms with van der Waals surface area (Å²) in [4.78, 5) is 52.3. The summed E-state index contributed by atoms with van der Waals surface area (Å²) in [5.74, 6) is -4.01. The lowest BCUT2D eigenvalue weighted by Crippen LogP contribution is -2.51. The molecule has 1 rings (SSSR count). The maximum absolute atomic E-state index is 11.8. The van der Waals surface area contributed by atoms with Crippen molar-refractivity contribution in [2.45, 2.75) is 25.8 Å². The van der Waals surface area contributed by atoms with Gasteiger partial charge in [0.15, 0.2) is 0 Å². The molecule has 1 atom stereocenters. The van der Waals surface area contributed by atoms with Gasteiger partial charge in [0.25, 0.3) is 0 Å². The summed E-state index contributed by atoms with van der Waals surface area (Å²) in [6.07, 6.45) is 1.09. The predicted octanol–water partition coefficient (Wildman–Crippen LogP) is -1.28. The van der Waals surface area contributed by atoms with E-state index in [1.54, 1.807) is 19.6 Å². The maximum Gasteiger partial charge on any atom is 0.320 e. The third-order valence-corrected chi connectivity index (χ3v) is 5.24. The predicted molar refractivity (Wildman–Crippen MR) is 110 cm³/mol. The van der Waals surface area contributed by atoms with Crippen molar-refractivity contribution in [3.63, 3.8) is 0 Å². The van der Waals surface area contributed by atoms with Crippen LogP contribution in [-0.2, 0) is 19.2 Å². The van der Waals surface area contributed by atoms with Crippen molar-refractivity contribution in [3.8, 4) is 0 Å². The number of carboxylic acid groups (broad SMARTS) is 4. The van der Waals surface area contributed by atoms with E-state index in [1.807, 2.05) is 6.92 Å². The summed E-state index contributed by atoms with van der Waals surface area (Å²) in [5, 5.41) is 37.2. The lowest BCUT2D eigenvalue weighted by Gasteiger charge is -2.35. The molecule has 12 heteroatoms. The Morgan fingerprint density at radius 3 is 1.23 bits per heavy atom. The van der Waals surface area contributed by atoms with Crippen LogP contribution in [0.4, 0.5) is 0 Å². The third kappa shape index (κ3) is 11.1. The van der Waals surface area contributed by atoms with Crippen LogP contribution >= 0.6 is 0 Å². The minimum atomic E-state index is -1.02. The van der Waals surface area contributed by atoms with Crippen molar-refractivity contribution >= 4 is 23.9 Å². The molecule has 1 heterocycles. The lowest BCUT2D eigenvalue weighted by molar-refractivity contribution is -0.145. The molecular formula is C19H34N4O8. The Balaban J connectivity index is 3.06. The van der Waals surface area contributed by atoms with Crippen molar-refractivity contribution in [3.05, 3.63) is 0 Å². The van der Waals surface area contributed by atoms with Gasteiger partial charge in [0.05, 0.1) is 19.6 Å². The SMILES string of the molecule is CCC[C@H](C(=O)O)N1CCN(CC(=O)O)CCN(CC(=O)O)CCN(CC(=O)O)CC1. The molecule has 0 saturated carbocycles. The highest BCUT2D eigenvalue weighted by molar-refractivity contribution is 5.73. The van der Waals surface area contributed by atoms with E-state index < -0.39 is 29.9 Å². The van der Waals surface area contributed by atoms with Gasteiger partial charge in [0.2, 0.25) is 0 Å². The second-order valence-corrected chi connectivity index (χ2v) is 7.69. The van der Waals surface area contributed by atoms with E-state index in [-0.39, 0.29) is 19.6 Å². The third-order valence-electron chi connectivity index (χ3n) is 5.24. The largest absolute Gasteiger partial charge is 0.480 e. The zero-order chi connectivity index (χ0) is 23.4. The van der Waals surface area contributed by atoms with Gasteiger partial charge in [-0.05, 0) is 6.42 Å². The fraction of sp³-hybridized carbons (Fsp3) is 0.789. The van der Waals surface area contributed by atoms with Gasteiger partial charge in [-0.25, -0.2) is 0 Å². The molecule has 0 spiro atoms. The van der Waals surface area contributed by atoms with E-state index in [9.17, 15) is 34.5 Å². The number of carbonyl (C=O) groups is 4. The molecule has 12 nitrogen and oxygen atoms in total. The van der Waals surface area contributed by atoms with Crippen LogP contribution in [0.5, 0.6) is 0 Å². The van der Waals surface area contributed by atoms with Gasteiger partial charge in [0, 0.05) is 52.4 Å². The van der Waals surface area contributed by atoms with Crippen LogP contribution in [0.3, 0.4) is 0 Å². The first-order chi connectivity index (χ1) is 14.6. The second kappa shape index (κ2) is 13.9. The number of nitrogens with zero attached hydrogens (tertiary/aromatic N) is 4. The molecule has 0 unspecified atom stereocenters. The average Bonchev–Trinajstić information content (AvgIpc) is 2.65. The number of rotatable bonds is 10. The molecule has 0 aromatic rings. The van der Waals surface area contributed by atoms with Gasteiger partial charge in [-0.3, -0.25) is 38.8 Å². The lowest BCUT2D eigenvalue weighted by atomic mass is 10.1. The first kappa shape index (κ1) is 26.8. The highest BCUT2D eigenvalue weighted by Crippen LogP contribution is 2.10. The molecule has 1 aliphatic rings. The van der Waals surface area contributed by atoms with Crippen LogP contribution in [0.1, 0.15) is 19.8 Å². The molecule has 1 saturated heterocycles. The van der Waals surface area contributed by atoms with Crippen LogP contribution in [-0.4, -0.2) is 142 Å². The van der Waals surface area contributed by atoms with Gasteiger partial charge in [-0.2, -0.15) is 0 Å². The molecule has 4 N–H and O–H groups in total. The van der Waals surface area contributed by atoms with Gasteiger partial charge in [-0.1, -0.05) is 13.3 Å². The van der Waals surface area contributed by atoms with E-state index >= 15 is 0 Å². The van der Waals surface area contributed by atoms with E-state index in [1.165, 1.54) is 0 Å². The molecule has 0 radical (unpaired) electrons. The average molecular weight is 447 g/mol. The van der Waals surface area contributed by atoms with Gasteiger partial charge in [0.1, 0.15) is 6.04 Å². The smallest absolute Gasteiger partial charge is 0.320 e. The fourth-order valence-electron chi connectivity index (χ4n) is 3.65. The van der Waals surface area contributed by atoms with Crippen LogP contribution in [0.15, 0.2) is 0 Å². The molecule has 1 aliphatic heterocycles. The normalized spacial score (nSPS) is 19.8. The summed E-state index contributed by atoms with van der Waals surface area (Å²) < 4.78 is 0. The topological polar surface area (TPSA) is 162 Å². The first-order valence-corrected chi connectivity index (χ1v) is 10.4. The van der Waals surface area contributed by atoms with Crippen molar-refractivity contribution in [2.24, 2.45) is 0 Å². The summed E-state index contributed by atoms with van der Waals surface area (Å²) in [7, 11) is 0. The number of aliphatic carboxylic acids is 4. The van der Waals surface area contributed by atoms with Crippen molar-refractivity contribution in [2.75, 3.05) is 72.0 Å². The fourth-order valence-corrected chi connectivity index (χ4v) is 3.65. The van der Waals surface area contributed by atoms with E-state index in [0.29, 0.717) is 65.2 Å². The Bertz CT molecular complexity index is 586. The highest BCUT2D eigenvalue weighted by Gasteiger charge is 2.27. The molecule has 0 aromatic heterocycles. The summed E-state index contributed by atoms with van der Waals surface area (Å²) in [6.45, 7) is 3.64. The Morgan fingerprint density at radius 2 is 0.968 bits per heavy atom. The van der Waals surface area contributed by atoms with Gasteiger partial charge >= 0.3 is 23.9 Å². The standard InChI is InChI=1S/C19H34N4O8/c1-2-3-15(19(30)31)23-10-8-21(13-17(26)27)6-4-20(12-16(24)25)5-7-22(9-11-23)14-18(28)29/h15H,2-14H2,1H3,(H,24,25)(H,26,27)(H,28,29)(H,30,31)/t15-/m1/s1. The molecule has 0 bridgehead atoms. The molecule has 0 aliphatic carbocycles. The van der Waals surface area contributed by atoms with E-state index in [4.69, 9.17) is 5.11 Å². The number of hydrogen-bond acceptors (Lipinski definition) is 8. The van der Waals surface area contributed by atoms with Crippen molar-refractivity contribution in [1.82, 2.24) is 19.6 Å². The van der Waals surface area contributed by atoms with Gasteiger partial charge < -0.3 is 20.4 Å². The highest BCUT2D eigenvalue weighted by atomic mass is 16.4. The van der Waals surface area contributed by atoms with E-state index in [2.05, 4.69) is 0 Å². The molecule has 0 aromatic carbocycles. The summed E-state index contributed by atoms with van der Waals surface area (Å²) in [6, 6.07) is -0.741. The van der Waals surface area contributed by atoms with Crippen LogP contribution < -0.4 is 0 Å². The maximum atomic E-state index is 11.8. The molecule has 178 valence electrons. The molecular weight excluding hydrogens is 412 g/mol. The zero-order valence-electron chi connectivity index (χ0n) is 18.0. The first-order valence-electron chi connectivity index (χ1n) is 10.4. The monoisotopic (exact) mass is 446 g/mol. The van der Waals surface area contributed by atoms with Crippen LogP contribution in [0, 0.1) is 0 Å². The Labute approximate surface area is 181 Å². The zero-order valence-corrected chi connectivity index (χ0v) is 18.0. The summed E-state index contributed by atoms with van der Waals surface area (Å²) >= 11 is 0. The Hall–Kier alpha value is -2.28. The van der Waals surface area contributed by atoms with Crippen LogP contribution in [0.2, 0.25) is 0 Å². The summed E-state index contributed by atoms with van der Waals surface area (Å²) in [5.41, 5.74) is 0. The Kier molecular flexibility index (Phi) is 12.0. The van der Waals surface area contributed by atoms with Gasteiger partial charge in [-0.15, -0.1) is 0 Å². The number of hydrogen-bond donors (Lipinski definition) is 4. The minimum Gasteiger partial charge on any atom is -0.480 e. The van der Waals surface area contributed by atoms with Crippen molar-refractivity contribution < 1.29 is 39.6 Å². The molecule has 1 fully saturated rings. The molecule has 0 amide bonds. The quantitative estimate of drug-likeness (QED) is 0.315. The number of carboxylic acids is 4. The minimum absolute atomic E-state index is 0.231. The van der Waals surface area contributed by atoms with E-state index in [0.717, 1.165) is 0 Å². The second-order valence-electron chi connectivity index (χ2n) is 7.69. The molecule has 31 heavy (non-hydrogen) atoms. The Morgan fingerprint density at radius 1 is 0.645 bits per heavy atom. The van der Waals surface area contributed by atoms with Crippen LogP contribution in [0.25, 0.3) is 0 Å².